The molecule has 0 aliphatic heterocycles. The van der Waals surface area contributed by atoms with Gasteiger partial charge in [-0.1, -0.05) is 18.2 Å². The first-order valence-electron chi connectivity index (χ1n) is 6.19. The van der Waals surface area contributed by atoms with E-state index in [1.807, 2.05) is 13.0 Å². The highest BCUT2D eigenvalue weighted by atomic mass is 127. The molecule has 0 saturated heterocycles. The number of rotatable bonds is 3. The molecule has 0 aliphatic rings. The normalized spacial score (nSPS) is 12.3. The topological polar surface area (TPSA) is 35.2 Å². The second kappa shape index (κ2) is 5.92. The van der Waals surface area contributed by atoms with Crippen LogP contribution in [0, 0.1) is 17.4 Å². The number of aryl methyl sites for hydroxylation is 2. The van der Waals surface area contributed by atoms with Crippen molar-refractivity contribution in [2.75, 3.05) is 7.11 Å². The minimum absolute atomic E-state index is 0.0978. The zero-order valence-electron chi connectivity index (χ0n) is 11.4. The summed E-state index contributed by atoms with van der Waals surface area (Å²) < 4.78 is 6.55. The summed E-state index contributed by atoms with van der Waals surface area (Å²) in [6, 6.07) is 12.4. The number of methoxy groups -OCH3 is 1. The molecular formula is C16H18INO. The van der Waals surface area contributed by atoms with E-state index in [0.29, 0.717) is 0 Å². The average Bonchev–Trinajstić information content (AvgIpc) is 2.40. The minimum atomic E-state index is -0.0978. The number of ether oxygens (including phenoxy) is 1. The fraction of sp³-hybridized carbons (Fsp3) is 0.250. The van der Waals surface area contributed by atoms with E-state index in [9.17, 15) is 0 Å². The van der Waals surface area contributed by atoms with Crippen LogP contribution in [0.4, 0.5) is 0 Å². The van der Waals surface area contributed by atoms with E-state index >= 15 is 0 Å². The summed E-state index contributed by atoms with van der Waals surface area (Å²) in [6.07, 6.45) is 0. The zero-order valence-corrected chi connectivity index (χ0v) is 13.6. The lowest BCUT2D eigenvalue weighted by atomic mass is 9.94. The maximum atomic E-state index is 6.40. The van der Waals surface area contributed by atoms with Gasteiger partial charge in [-0.2, -0.15) is 0 Å². The molecule has 2 N–H and O–H groups in total. The van der Waals surface area contributed by atoms with Gasteiger partial charge in [0.2, 0.25) is 0 Å². The Bertz CT molecular complexity index is 595. The Morgan fingerprint density at radius 2 is 1.84 bits per heavy atom. The summed E-state index contributed by atoms with van der Waals surface area (Å²) in [6.45, 7) is 4.12. The molecule has 0 aliphatic carbocycles. The smallest absolute Gasteiger partial charge is 0.122 e. The predicted molar refractivity (Wildman–Crippen MR) is 87.7 cm³/mol. The highest BCUT2D eigenvalue weighted by molar-refractivity contribution is 14.1. The van der Waals surface area contributed by atoms with E-state index in [4.69, 9.17) is 10.5 Å². The van der Waals surface area contributed by atoms with Gasteiger partial charge in [0.25, 0.3) is 0 Å². The van der Waals surface area contributed by atoms with Crippen molar-refractivity contribution >= 4 is 22.6 Å². The van der Waals surface area contributed by atoms with Gasteiger partial charge in [0, 0.05) is 3.57 Å². The van der Waals surface area contributed by atoms with E-state index in [1.54, 1.807) is 7.11 Å². The summed E-state index contributed by atoms with van der Waals surface area (Å²) >= 11 is 2.31. The molecule has 100 valence electrons. The van der Waals surface area contributed by atoms with Gasteiger partial charge in [0.15, 0.2) is 0 Å². The number of nitrogens with two attached hydrogens (primary N) is 1. The van der Waals surface area contributed by atoms with Gasteiger partial charge in [0.05, 0.1) is 13.2 Å². The molecule has 0 bridgehead atoms. The van der Waals surface area contributed by atoms with Crippen molar-refractivity contribution in [3.63, 3.8) is 0 Å². The largest absolute Gasteiger partial charge is 0.496 e. The van der Waals surface area contributed by atoms with Gasteiger partial charge in [-0.05, 0) is 76.9 Å². The van der Waals surface area contributed by atoms with Crippen LogP contribution in [0.2, 0.25) is 0 Å². The van der Waals surface area contributed by atoms with Crippen molar-refractivity contribution in [2.45, 2.75) is 19.9 Å². The van der Waals surface area contributed by atoms with Gasteiger partial charge in [-0.25, -0.2) is 0 Å². The minimum Gasteiger partial charge on any atom is -0.496 e. The van der Waals surface area contributed by atoms with Crippen LogP contribution < -0.4 is 10.5 Å². The highest BCUT2D eigenvalue weighted by Crippen LogP contribution is 2.29. The molecule has 19 heavy (non-hydrogen) atoms. The lowest BCUT2D eigenvalue weighted by molar-refractivity contribution is 0.411. The molecule has 1 atom stereocenters. The van der Waals surface area contributed by atoms with Gasteiger partial charge in [-0.15, -0.1) is 0 Å². The number of halogens is 1. The van der Waals surface area contributed by atoms with Crippen LogP contribution in [0.25, 0.3) is 0 Å². The van der Waals surface area contributed by atoms with Gasteiger partial charge < -0.3 is 10.5 Å². The monoisotopic (exact) mass is 367 g/mol. The lowest BCUT2D eigenvalue weighted by Gasteiger charge is -2.18. The number of benzene rings is 2. The molecule has 2 aromatic carbocycles. The van der Waals surface area contributed by atoms with Crippen molar-refractivity contribution in [3.8, 4) is 5.75 Å². The SMILES string of the molecule is COc1cc(C)c(C(N)c2cccc(I)c2)cc1C. The highest BCUT2D eigenvalue weighted by Gasteiger charge is 2.14. The van der Waals surface area contributed by atoms with E-state index in [1.165, 1.54) is 3.57 Å². The van der Waals surface area contributed by atoms with Crippen molar-refractivity contribution in [1.82, 2.24) is 0 Å². The van der Waals surface area contributed by atoms with E-state index in [2.05, 4.69) is 59.8 Å². The lowest BCUT2D eigenvalue weighted by Crippen LogP contribution is -2.14. The fourth-order valence-electron chi connectivity index (χ4n) is 2.25. The number of hydrogen-bond acceptors (Lipinski definition) is 2. The summed E-state index contributed by atoms with van der Waals surface area (Å²) in [7, 11) is 1.70. The Labute approximate surface area is 128 Å². The Balaban J connectivity index is 2.44. The first-order valence-corrected chi connectivity index (χ1v) is 7.27. The van der Waals surface area contributed by atoms with Crippen molar-refractivity contribution in [3.05, 3.63) is 62.2 Å². The van der Waals surface area contributed by atoms with E-state index < -0.39 is 0 Å². The molecule has 0 heterocycles. The third kappa shape index (κ3) is 3.09. The standard InChI is InChI=1S/C16H18INO/c1-10-8-15(19-3)11(2)7-14(10)16(18)12-5-4-6-13(17)9-12/h4-9,16H,18H2,1-3H3. The van der Waals surface area contributed by atoms with Crippen LogP contribution in [-0.2, 0) is 0 Å². The summed E-state index contributed by atoms with van der Waals surface area (Å²) in [5, 5.41) is 0. The molecule has 0 amide bonds. The first-order chi connectivity index (χ1) is 9.02. The van der Waals surface area contributed by atoms with Crippen LogP contribution in [0.15, 0.2) is 36.4 Å². The summed E-state index contributed by atoms with van der Waals surface area (Å²) in [4.78, 5) is 0. The maximum absolute atomic E-state index is 6.40. The Kier molecular flexibility index (Phi) is 4.47. The van der Waals surface area contributed by atoms with Crippen LogP contribution >= 0.6 is 22.6 Å². The summed E-state index contributed by atoms with van der Waals surface area (Å²) in [5.74, 6) is 0.913. The second-order valence-electron chi connectivity index (χ2n) is 4.71. The van der Waals surface area contributed by atoms with Crippen molar-refractivity contribution in [1.29, 1.82) is 0 Å². The molecule has 3 heteroatoms. The third-order valence-electron chi connectivity index (χ3n) is 3.33. The zero-order chi connectivity index (χ0) is 14.0. The van der Waals surface area contributed by atoms with Crippen LogP contribution in [0.3, 0.4) is 0 Å². The molecule has 2 nitrogen and oxygen atoms in total. The van der Waals surface area contributed by atoms with Crippen molar-refractivity contribution in [2.24, 2.45) is 5.73 Å². The Morgan fingerprint density at radius 3 is 2.47 bits per heavy atom. The van der Waals surface area contributed by atoms with Gasteiger partial charge in [-0.3, -0.25) is 0 Å². The maximum Gasteiger partial charge on any atom is 0.122 e. The molecule has 0 aromatic heterocycles. The van der Waals surface area contributed by atoms with Crippen molar-refractivity contribution < 1.29 is 4.74 Å². The fourth-order valence-corrected chi connectivity index (χ4v) is 2.81. The molecular weight excluding hydrogens is 349 g/mol. The second-order valence-corrected chi connectivity index (χ2v) is 5.96. The van der Waals surface area contributed by atoms with E-state index in [-0.39, 0.29) is 6.04 Å². The van der Waals surface area contributed by atoms with Crippen LogP contribution in [-0.4, -0.2) is 7.11 Å². The molecule has 0 radical (unpaired) electrons. The molecule has 1 unspecified atom stereocenters. The molecule has 0 spiro atoms. The Hall–Kier alpha value is -1.07. The molecule has 0 saturated carbocycles. The molecule has 0 fully saturated rings. The first kappa shape index (κ1) is 14.3. The van der Waals surface area contributed by atoms with Crippen LogP contribution in [0.1, 0.15) is 28.3 Å². The van der Waals surface area contributed by atoms with E-state index in [0.717, 1.165) is 28.0 Å². The van der Waals surface area contributed by atoms with Crippen LogP contribution in [0.5, 0.6) is 5.75 Å². The number of hydrogen-bond donors (Lipinski definition) is 1. The predicted octanol–water partition coefficient (Wildman–Crippen LogP) is 3.96. The summed E-state index contributed by atoms with van der Waals surface area (Å²) in [5.41, 5.74) is 11.0. The third-order valence-corrected chi connectivity index (χ3v) is 4.00. The molecule has 2 rings (SSSR count). The average molecular weight is 367 g/mol. The molecule has 2 aromatic rings. The van der Waals surface area contributed by atoms with Gasteiger partial charge >= 0.3 is 0 Å². The Morgan fingerprint density at radius 1 is 1.11 bits per heavy atom. The van der Waals surface area contributed by atoms with Gasteiger partial charge in [0.1, 0.15) is 5.75 Å². The quantitative estimate of drug-likeness (QED) is 0.834.